The van der Waals surface area contributed by atoms with E-state index in [2.05, 4.69) is 0 Å². The molecule has 0 radical (unpaired) electrons. The molecule has 0 fully saturated rings. The predicted octanol–water partition coefficient (Wildman–Crippen LogP) is 3.35. The fourth-order valence-electron chi connectivity index (χ4n) is 2.78. The van der Waals surface area contributed by atoms with Gasteiger partial charge in [-0.15, -0.1) is 0 Å². The number of amides is 2. The lowest BCUT2D eigenvalue weighted by Crippen LogP contribution is -2.42. The molecule has 0 aliphatic rings. The third kappa shape index (κ3) is 4.47. The first-order valence-electron chi connectivity index (χ1n) is 8.73. The van der Waals surface area contributed by atoms with Gasteiger partial charge < -0.3 is 19.8 Å². The topological polar surface area (TPSA) is 85.8 Å². The zero-order valence-electron chi connectivity index (χ0n) is 15.3. The van der Waals surface area contributed by atoms with Crippen LogP contribution in [0, 0.1) is 0 Å². The smallest absolute Gasteiger partial charge is 0.290 e. The van der Waals surface area contributed by atoms with Gasteiger partial charge in [-0.25, -0.2) is 0 Å². The number of carbonyl (C=O) groups is 2. The summed E-state index contributed by atoms with van der Waals surface area (Å²) in [6.45, 7) is 3.67. The highest BCUT2D eigenvalue weighted by atomic mass is 16.5. The Kier molecular flexibility index (Phi) is 5.45. The summed E-state index contributed by atoms with van der Waals surface area (Å²) >= 11 is 0. The van der Waals surface area contributed by atoms with E-state index in [0.717, 1.165) is 16.5 Å². The summed E-state index contributed by atoms with van der Waals surface area (Å²) in [7, 11) is 0. The van der Waals surface area contributed by atoms with Crippen molar-refractivity contribution in [2.45, 2.75) is 26.5 Å². The van der Waals surface area contributed by atoms with Gasteiger partial charge in [0.25, 0.3) is 5.91 Å². The molecule has 0 bridgehead atoms. The number of hydrogen-bond donors (Lipinski definition) is 1. The molecule has 0 unspecified atom stereocenters. The molecule has 140 valence electrons. The molecule has 0 saturated carbocycles. The first-order valence-corrected chi connectivity index (χ1v) is 8.73. The average molecular weight is 366 g/mol. The van der Waals surface area contributed by atoms with Crippen LogP contribution < -0.4 is 10.5 Å². The third-order valence-electron chi connectivity index (χ3n) is 4.18. The molecule has 0 saturated heterocycles. The Balaban J connectivity index is 1.67. The molecule has 2 N–H and O–H groups in total. The van der Waals surface area contributed by atoms with Gasteiger partial charge in [-0.1, -0.05) is 30.3 Å². The van der Waals surface area contributed by atoms with Crippen LogP contribution in [0.2, 0.25) is 0 Å². The van der Waals surface area contributed by atoms with Crippen LogP contribution in [0.4, 0.5) is 0 Å². The highest BCUT2D eigenvalue weighted by molar-refractivity contribution is 5.94. The van der Waals surface area contributed by atoms with E-state index in [4.69, 9.17) is 14.9 Å². The Labute approximate surface area is 157 Å². The standard InChI is InChI=1S/C21H22N2O4/c1-14(2)23(12-20(22)24)21(25)19-10-9-18(27-19)13-26-17-8-7-15-5-3-4-6-16(15)11-17/h3-11,14H,12-13H2,1-2H3,(H2,22,24). The van der Waals surface area contributed by atoms with E-state index in [0.29, 0.717) is 5.76 Å². The molecule has 0 atom stereocenters. The number of benzene rings is 2. The summed E-state index contributed by atoms with van der Waals surface area (Å²) in [6.07, 6.45) is 0. The molecule has 3 aromatic rings. The first kappa shape index (κ1) is 18.5. The summed E-state index contributed by atoms with van der Waals surface area (Å²) in [4.78, 5) is 25.1. The highest BCUT2D eigenvalue weighted by Crippen LogP contribution is 2.22. The Hall–Kier alpha value is -3.28. The van der Waals surface area contributed by atoms with Crippen molar-refractivity contribution < 1.29 is 18.7 Å². The monoisotopic (exact) mass is 366 g/mol. The van der Waals surface area contributed by atoms with Gasteiger partial charge in [0.15, 0.2) is 5.76 Å². The minimum Gasteiger partial charge on any atom is -0.486 e. The zero-order chi connectivity index (χ0) is 19.4. The van der Waals surface area contributed by atoms with Crippen LogP contribution in [-0.2, 0) is 11.4 Å². The van der Waals surface area contributed by atoms with E-state index < -0.39 is 5.91 Å². The van der Waals surface area contributed by atoms with Crippen LogP contribution in [0.25, 0.3) is 10.8 Å². The molecule has 6 nitrogen and oxygen atoms in total. The second kappa shape index (κ2) is 7.95. The van der Waals surface area contributed by atoms with Crippen molar-refractivity contribution in [3.8, 4) is 5.75 Å². The second-order valence-electron chi connectivity index (χ2n) is 6.56. The number of nitrogens with two attached hydrogens (primary N) is 1. The maximum absolute atomic E-state index is 12.5. The van der Waals surface area contributed by atoms with Crippen molar-refractivity contribution in [1.82, 2.24) is 4.90 Å². The van der Waals surface area contributed by atoms with Gasteiger partial charge in [-0.2, -0.15) is 0 Å². The van der Waals surface area contributed by atoms with Crippen LogP contribution in [0.3, 0.4) is 0 Å². The third-order valence-corrected chi connectivity index (χ3v) is 4.18. The van der Waals surface area contributed by atoms with Crippen LogP contribution in [-0.4, -0.2) is 29.3 Å². The van der Waals surface area contributed by atoms with Gasteiger partial charge >= 0.3 is 0 Å². The number of fused-ring (bicyclic) bond motifs is 1. The van der Waals surface area contributed by atoms with E-state index in [1.54, 1.807) is 12.1 Å². The maximum Gasteiger partial charge on any atom is 0.290 e. The molecule has 3 rings (SSSR count). The molecule has 2 aromatic carbocycles. The number of primary amides is 1. The van der Waals surface area contributed by atoms with Gasteiger partial charge in [-0.05, 0) is 48.9 Å². The summed E-state index contributed by atoms with van der Waals surface area (Å²) in [6, 6.07) is 17.0. The van der Waals surface area contributed by atoms with Crippen molar-refractivity contribution in [2.75, 3.05) is 6.54 Å². The zero-order valence-corrected chi connectivity index (χ0v) is 15.3. The number of rotatable bonds is 7. The molecule has 2 amide bonds. The molecule has 27 heavy (non-hydrogen) atoms. The average Bonchev–Trinajstić information content (AvgIpc) is 3.12. The van der Waals surface area contributed by atoms with Crippen molar-refractivity contribution in [1.29, 1.82) is 0 Å². The van der Waals surface area contributed by atoms with E-state index >= 15 is 0 Å². The molecular weight excluding hydrogens is 344 g/mol. The number of carbonyl (C=O) groups excluding carboxylic acids is 2. The Morgan fingerprint density at radius 1 is 1.07 bits per heavy atom. The quantitative estimate of drug-likeness (QED) is 0.695. The molecule has 1 heterocycles. The summed E-state index contributed by atoms with van der Waals surface area (Å²) in [5, 5.41) is 2.23. The van der Waals surface area contributed by atoms with Crippen LogP contribution in [0.1, 0.15) is 30.2 Å². The predicted molar refractivity (Wildman–Crippen MR) is 102 cm³/mol. The number of nitrogens with zero attached hydrogens (tertiary/aromatic N) is 1. The van der Waals surface area contributed by atoms with E-state index in [-0.39, 0.29) is 30.9 Å². The normalized spacial score (nSPS) is 10.9. The maximum atomic E-state index is 12.5. The van der Waals surface area contributed by atoms with Crippen molar-refractivity contribution in [2.24, 2.45) is 5.73 Å². The molecule has 0 aliphatic heterocycles. The SMILES string of the molecule is CC(C)N(CC(N)=O)C(=O)c1ccc(COc2ccc3ccccc3c2)o1. The lowest BCUT2D eigenvalue weighted by Gasteiger charge is -2.24. The number of furan rings is 1. The van der Waals surface area contributed by atoms with E-state index in [9.17, 15) is 9.59 Å². The fourth-order valence-corrected chi connectivity index (χ4v) is 2.78. The minimum atomic E-state index is -0.566. The van der Waals surface area contributed by atoms with Crippen LogP contribution in [0.5, 0.6) is 5.75 Å². The fraction of sp³-hybridized carbons (Fsp3) is 0.238. The lowest BCUT2D eigenvalue weighted by molar-refractivity contribution is -0.119. The van der Waals surface area contributed by atoms with E-state index in [1.807, 2.05) is 56.3 Å². The van der Waals surface area contributed by atoms with Crippen LogP contribution >= 0.6 is 0 Å². The number of ether oxygens (including phenoxy) is 1. The van der Waals surface area contributed by atoms with Crippen molar-refractivity contribution >= 4 is 22.6 Å². The molecule has 6 heteroatoms. The summed E-state index contributed by atoms with van der Waals surface area (Å²) in [5.41, 5.74) is 5.22. The first-order chi connectivity index (χ1) is 12.9. The van der Waals surface area contributed by atoms with Gasteiger partial charge in [0.05, 0.1) is 6.54 Å². The molecule has 1 aromatic heterocycles. The van der Waals surface area contributed by atoms with Crippen LogP contribution in [0.15, 0.2) is 59.0 Å². The van der Waals surface area contributed by atoms with E-state index in [1.165, 1.54) is 4.90 Å². The Morgan fingerprint density at radius 2 is 1.81 bits per heavy atom. The minimum absolute atomic E-state index is 0.153. The molecule has 0 spiro atoms. The van der Waals surface area contributed by atoms with Gasteiger partial charge in [0.2, 0.25) is 5.91 Å². The van der Waals surface area contributed by atoms with Gasteiger partial charge in [-0.3, -0.25) is 9.59 Å². The van der Waals surface area contributed by atoms with Crippen molar-refractivity contribution in [3.63, 3.8) is 0 Å². The van der Waals surface area contributed by atoms with Crippen molar-refractivity contribution in [3.05, 3.63) is 66.1 Å². The Morgan fingerprint density at radius 3 is 2.52 bits per heavy atom. The lowest BCUT2D eigenvalue weighted by atomic mass is 10.1. The molecular formula is C21H22N2O4. The second-order valence-corrected chi connectivity index (χ2v) is 6.56. The molecule has 0 aliphatic carbocycles. The summed E-state index contributed by atoms with van der Waals surface area (Å²) < 4.78 is 11.4. The van der Waals surface area contributed by atoms with Gasteiger partial charge in [0, 0.05) is 6.04 Å². The number of hydrogen-bond acceptors (Lipinski definition) is 4. The Bertz CT molecular complexity index is 961. The highest BCUT2D eigenvalue weighted by Gasteiger charge is 2.23. The largest absolute Gasteiger partial charge is 0.486 e. The summed E-state index contributed by atoms with van der Waals surface area (Å²) in [5.74, 6) is 0.455. The van der Waals surface area contributed by atoms with Gasteiger partial charge in [0.1, 0.15) is 18.1 Å².